The fourth-order valence-electron chi connectivity index (χ4n) is 1.73. The minimum absolute atomic E-state index is 0.0392. The smallest absolute Gasteiger partial charge is 0.230 e. The van der Waals surface area contributed by atoms with E-state index in [1.54, 1.807) is 17.0 Å². The van der Waals surface area contributed by atoms with Crippen molar-refractivity contribution in [3.05, 3.63) is 34.9 Å². The van der Waals surface area contributed by atoms with Crippen LogP contribution < -0.4 is 0 Å². The van der Waals surface area contributed by atoms with Crippen molar-refractivity contribution < 1.29 is 9.59 Å². The number of carbonyl (C=O) groups is 2. The molecule has 1 aromatic carbocycles. The highest BCUT2D eigenvalue weighted by atomic mass is 35.5. The summed E-state index contributed by atoms with van der Waals surface area (Å²) < 4.78 is 0. The molecule has 0 saturated carbocycles. The molecule has 16 heavy (non-hydrogen) atoms. The Labute approximate surface area is 99.0 Å². The lowest BCUT2D eigenvalue weighted by Crippen LogP contribution is -2.38. The number of carbonyl (C=O) groups excluding carboxylic acids is 2. The number of piperidine rings is 1. The molecular formula is C12H12ClNO2. The van der Waals surface area contributed by atoms with E-state index in [0.29, 0.717) is 24.5 Å². The van der Waals surface area contributed by atoms with Crippen LogP contribution in [-0.4, -0.2) is 23.1 Å². The Hall–Kier alpha value is -1.35. The van der Waals surface area contributed by atoms with Crippen LogP contribution >= 0.6 is 11.6 Å². The molecular weight excluding hydrogens is 226 g/mol. The van der Waals surface area contributed by atoms with Gasteiger partial charge < -0.3 is 4.90 Å². The van der Waals surface area contributed by atoms with Crippen LogP contribution in [0.15, 0.2) is 24.3 Å². The Morgan fingerprint density at radius 3 is 2.50 bits per heavy atom. The number of likely N-dealkylation sites (tertiary alicyclic amines) is 1. The van der Waals surface area contributed by atoms with Gasteiger partial charge in [-0.05, 0) is 17.7 Å². The zero-order valence-electron chi connectivity index (χ0n) is 8.78. The normalized spacial score (nSPS) is 16.7. The Morgan fingerprint density at radius 1 is 1.19 bits per heavy atom. The molecule has 84 valence electrons. The summed E-state index contributed by atoms with van der Waals surface area (Å²) in [6.45, 7) is 1.09. The maximum atomic E-state index is 11.6. The molecule has 0 spiro atoms. The fraction of sp³-hybridized carbons (Fsp3) is 0.333. The van der Waals surface area contributed by atoms with Gasteiger partial charge in [-0.1, -0.05) is 23.7 Å². The molecule has 0 N–H and O–H groups in total. The molecule has 1 aliphatic rings. The van der Waals surface area contributed by atoms with Crippen molar-refractivity contribution in [2.75, 3.05) is 6.54 Å². The summed E-state index contributed by atoms with van der Waals surface area (Å²) in [5.41, 5.74) is 1.03. The monoisotopic (exact) mass is 237 g/mol. The van der Waals surface area contributed by atoms with Gasteiger partial charge in [-0.2, -0.15) is 0 Å². The van der Waals surface area contributed by atoms with E-state index < -0.39 is 0 Å². The van der Waals surface area contributed by atoms with Gasteiger partial charge in [-0.15, -0.1) is 0 Å². The van der Waals surface area contributed by atoms with Crippen LogP contribution in [0.4, 0.5) is 0 Å². The van der Waals surface area contributed by atoms with Gasteiger partial charge in [0.1, 0.15) is 5.78 Å². The first kappa shape index (κ1) is 11.1. The second kappa shape index (κ2) is 4.66. The molecule has 1 aromatic rings. The molecule has 0 radical (unpaired) electrons. The van der Waals surface area contributed by atoms with Gasteiger partial charge in [0.15, 0.2) is 0 Å². The number of halogens is 1. The van der Waals surface area contributed by atoms with Gasteiger partial charge in [-0.3, -0.25) is 9.59 Å². The fourth-order valence-corrected chi connectivity index (χ4v) is 1.86. The molecule has 1 amide bonds. The lowest BCUT2D eigenvalue weighted by molar-refractivity contribution is -0.139. The Bertz CT molecular complexity index is 414. The molecule has 0 aromatic heterocycles. The number of benzene rings is 1. The molecule has 3 nitrogen and oxygen atoms in total. The predicted octanol–water partition coefficient (Wildman–Crippen LogP) is 2.03. The summed E-state index contributed by atoms with van der Waals surface area (Å²) >= 11 is 5.78. The molecule has 1 fully saturated rings. The van der Waals surface area contributed by atoms with Gasteiger partial charge >= 0.3 is 0 Å². The van der Waals surface area contributed by atoms with E-state index in [1.807, 2.05) is 12.1 Å². The first-order chi connectivity index (χ1) is 7.65. The van der Waals surface area contributed by atoms with Crippen LogP contribution in [0, 0.1) is 0 Å². The van der Waals surface area contributed by atoms with Gasteiger partial charge in [0.2, 0.25) is 5.91 Å². The zero-order chi connectivity index (χ0) is 11.5. The molecule has 1 aliphatic heterocycles. The third kappa shape index (κ3) is 2.61. The minimum atomic E-state index is -0.0776. The van der Waals surface area contributed by atoms with Gasteiger partial charge in [0.25, 0.3) is 0 Å². The average Bonchev–Trinajstić information content (AvgIpc) is 2.25. The number of hydrogen-bond acceptors (Lipinski definition) is 2. The SMILES string of the molecule is O=C1CCN(Cc2ccc(Cl)cc2)C(=O)C1. The topological polar surface area (TPSA) is 37.4 Å². The maximum Gasteiger partial charge on any atom is 0.230 e. The second-order valence-electron chi connectivity index (χ2n) is 3.91. The van der Waals surface area contributed by atoms with Crippen molar-refractivity contribution >= 4 is 23.3 Å². The quantitative estimate of drug-likeness (QED) is 0.738. The average molecular weight is 238 g/mol. The van der Waals surface area contributed by atoms with Crippen molar-refractivity contribution in [2.24, 2.45) is 0 Å². The summed E-state index contributed by atoms with van der Waals surface area (Å²) in [6, 6.07) is 7.39. The minimum Gasteiger partial charge on any atom is -0.338 e. The highest BCUT2D eigenvalue weighted by Crippen LogP contribution is 2.14. The molecule has 0 aliphatic carbocycles. The van der Waals surface area contributed by atoms with E-state index in [9.17, 15) is 9.59 Å². The Balaban J connectivity index is 2.02. The van der Waals surface area contributed by atoms with Crippen molar-refractivity contribution in [2.45, 2.75) is 19.4 Å². The third-order valence-electron chi connectivity index (χ3n) is 2.65. The highest BCUT2D eigenvalue weighted by molar-refractivity contribution is 6.30. The standard InChI is InChI=1S/C12H12ClNO2/c13-10-3-1-9(2-4-10)8-14-6-5-11(15)7-12(14)16/h1-4H,5-8H2. The maximum absolute atomic E-state index is 11.6. The number of rotatable bonds is 2. The summed E-state index contributed by atoms with van der Waals surface area (Å²) in [5, 5.41) is 0.684. The lowest BCUT2D eigenvalue weighted by Gasteiger charge is -2.26. The van der Waals surface area contributed by atoms with Crippen molar-refractivity contribution in [3.63, 3.8) is 0 Å². The van der Waals surface area contributed by atoms with Crippen LogP contribution in [0.3, 0.4) is 0 Å². The first-order valence-corrected chi connectivity index (χ1v) is 5.57. The lowest BCUT2D eigenvalue weighted by atomic mass is 10.1. The molecule has 0 atom stereocenters. The van der Waals surface area contributed by atoms with Crippen LogP contribution in [-0.2, 0) is 16.1 Å². The van der Waals surface area contributed by atoms with E-state index in [-0.39, 0.29) is 18.1 Å². The Kier molecular flexibility index (Phi) is 3.25. The van der Waals surface area contributed by atoms with Gasteiger partial charge in [-0.25, -0.2) is 0 Å². The van der Waals surface area contributed by atoms with Gasteiger partial charge in [0, 0.05) is 24.5 Å². The van der Waals surface area contributed by atoms with Crippen LogP contribution in [0.2, 0.25) is 5.02 Å². The van der Waals surface area contributed by atoms with Crippen molar-refractivity contribution in [3.8, 4) is 0 Å². The van der Waals surface area contributed by atoms with Crippen molar-refractivity contribution in [1.29, 1.82) is 0 Å². The molecule has 1 heterocycles. The van der Waals surface area contributed by atoms with Crippen LogP contribution in [0.1, 0.15) is 18.4 Å². The van der Waals surface area contributed by atoms with E-state index in [2.05, 4.69) is 0 Å². The number of amides is 1. The molecule has 2 rings (SSSR count). The summed E-state index contributed by atoms with van der Waals surface area (Å²) in [4.78, 5) is 24.3. The Morgan fingerprint density at radius 2 is 1.88 bits per heavy atom. The van der Waals surface area contributed by atoms with E-state index >= 15 is 0 Å². The molecule has 4 heteroatoms. The number of nitrogens with zero attached hydrogens (tertiary/aromatic N) is 1. The predicted molar refractivity (Wildman–Crippen MR) is 61.1 cm³/mol. The molecule has 1 saturated heterocycles. The van der Waals surface area contributed by atoms with Gasteiger partial charge in [0.05, 0.1) is 6.42 Å². The summed E-state index contributed by atoms with van der Waals surface area (Å²) in [7, 11) is 0. The first-order valence-electron chi connectivity index (χ1n) is 5.19. The van der Waals surface area contributed by atoms with Crippen molar-refractivity contribution in [1.82, 2.24) is 4.90 Å². The number of hydrogen-bond donors (Lipinski definition) is 0. The molecule has 0 unspecified atom stereocenters. The zero-order valence-corrected chi connectivity index (χ0v) is 9.54. The second-order valence-corrected chi connectivity index (χ2v) is 4.34. The third-order valence-corrected chi connectivity index (χ3v) is 2.90. The van der Waals surface area contributed by atoms with E-state index in [0.717, 1.165) is 5.56 Å². The van der Waals surface area contributed by atoms with Crippen LogP contribution in [0.5, 0.6) is 0 Å². The van der Waals surface area contributed by atoms with E-state index in [1.165, 1.54) is 0 Å². The van der Waals surface area contributed by atoms with Crippen LogP contribution in [0.25, 0.3) is 0 Å². The number of Topliss-reactive ketones (excluding diaryl/α,β-unsaturated/α-hetero) is 1. The largest absolute Gasteiger partial charge is 0.338 e. The molecule has 0 bridgehead atoms. The highest BCUT2D eigenvalue weighted by Gasteiger charge is 2.23. The summed E-state index contributed by atoms with van der Waals surface area (Å²) in [5.74, 6) is -0.0384. The van der Waals surface area contributed by atoms with E-state index in [4.69, 9.17) is 11.6 Å². The summed E-state index contributed by atoms with van der Waals surface area (Å²) in [6.07, 6.45) is 0.521. The number of ketones is 1.